The Bertz CT molecular complexity index is 955. The third-order valence-electron chi connectivity index (χ3n) is 4.38. The van der Waals surface area contributed by atoms with E-state index in [0.29, 0.717) is 18.7 Å². The summed E-state index contributed by atoms with van der Waals surface area (Å²) in [7, 11) is 1.36. The number of nitrogens with one attached hydrogen (secondary N) is 3. The van der Waals surface area contributed by atoms with Crippen LogP contribution in [-0.2, 0) is 11.3 Å². The van der Waals surface area contributed by atoms with Crippen LogP contribution in [0.25, 0.3) is 0 Å². The molecule has 9 heteroatoms. The maximum atomic E-state index is 12.7. The Morgan fingerprint density at radius 2 is 1.87 bits per heavy atom. The SMILES string of the molecule is CC(C)CC(NC(=O)c1cccc(NC(=O)NCc2ccncc2)c1)C(=O)N(C)C#N. The van der Waals surface area contributed by atoms with Crippen LogP contribution in [-0.4, -0.2) is 40.8 Å². The minimum absolute atomic E-state index is 0.137. The minimum Gasteiger partial charge on any atom is -0.340 e. The molecule has 0 aliphatic rings. The molecule has 2 rings (SSSR count). The van der Waals surface area contributed by atoms with Gasteiger partial charge in [0.15, 0.2) is 6.19 Å². The first kappa shape index (κ1) is 23.3. The van der Waals surface area contributed by atoms with Gasteiger partial charge in [-0.25, -0.2) is 4.79 Å². The lowest BCUT2D eigenvalue weighted by Gasteiger charge is -2.21. The number of benzene rings is 1. The average Bonchev–Trinajstić information content (AvgIpc) is 2.76. The zero-order valence-electron chi connectivity index (χ0n) is 17.8. The summed E-state index contributed by atoms with van der Waals surface area (Å²) in [6, 6.07) is 8.74. The summed E-state index contributed by atoms with van der Waals surface area (Å²) in [6.07, 6.45) is 5.44. The van der Waals surface area contributed by atoms with Gasteiger partial charge in [-0.1, -0.05) is 19.9 Å². The third kappa shape index (κ3) is 7.44. The van der Waals surface area contributed by atoms with Crippen LogP contribution in [0.2, 0.25) is 0 Å². The van der Waals surface area contributed by atoms with Gasteiger partial charge in [0.25, 0.3) is 11.8 Å². The first-order valence-electron chi connectivity index (χ1n) is 9.82. The Hall–Kier alpha value is -3.93. The van der Waals surface area contributed by atoms with Gasteiger partial charge in [0.1, 0.15) is 6.04 Å². The van der Waals surface area contributed by atoms with Crippen LogP contribution < -0.4 is 16.0 Å². The van der Waals surface area contributed by atoms with Gasteiger partial charge in [-0.2, -0.15) is 5.26 Å². The van der Waals surface area contributed by atoms with Crippen molar-refractivity contribution in [3.05, 3.63) is 59.9 Å². The van der Waals surface area contributed by atoms with E-state index in [2.05, 4.69) is 20.9 Å². The minimum atomic E-state index is -0.822. The number of amides is 4. The van der Waals surface area contributed by atoms with E-state index in [-0.39, 0.29) is 11.5 Å². The fourth-order valence-electron chi connectivity index (χ4n) is 2.81. The van der Waals surface area contributed by atoms with E-state index in [9.17, 15) is 14.4 Å². The molecule has 4 amide bonds. The molecule has 0 fully saturated rings. The number of nitriles is 1. The zero-order valence-corrected chi connectivity index (χ0v) is 17.8. The number of nitrogens with zero attached hydrogens (tertiary/aromatic N) is 3. The van der Waals surface area contributed by atoms with Crippen molar-refractivity contribution >= 4 is 23.5 Å². The maximum Gasteiger partial charge on any atom is 0.319 e. The molecule has 1 aromatic carbocycles. The Labute approximate surface area is 181 Å². The molecule has 1 heterocycles. The van der Waals surface area contributed by atoms with Crippen molar-refractivity contribution in [1.82, 2.24) is 20.5 Å². The van der Waals surface area contributed by atoms with Crippen LogP contribution in [0.1, 0.15) is 36.2 Å². The first-order chi connectivity index (χ1) is 14.8. The van der Waals surface area contributed by atoms with Crippen molar-refractivity contribution in [1.29, 1.82) is 5.26 Å². The second-order valence-corrected chi connectivity index (χ2v) is 7.40. The summed E-state index contributed by atoms with van der Waals surface area (Å²) in [5, 5.41) is 17.1. The van der Waals surface area contributed by atoms with Crippen molar-refractivity contribution in [3.8, 4) is 6.19 Å². The lowest BCUT2D eigenvalue weighted by atomic mass is 10.0. The van der Waals surface area contributed by atoms with E-state index in [1.54, 1.807) is 48.9 Å². The topological polar surface area (TPSA) is 127 Å². The molecule has 162 valence electrons. The smallest absolute Gasteiger partial charge is 0.319 e. The number of carbonyl (C=O) groups excluding carboxylic acids is 3. The van der Waals surface area contributed by atoms with Crippen molar-refractivity contribution in [3.63, 3.8) is 0 Å². The highest BCUT2D eigenvalue weighted by Gasteiger charge is 2.25. The lowest BCUT2D eigenvalue weighted by molar-refractivity contribution is -0.129. The summed E-state index contributed by atoms with van der Waals surface area (Å²) >= 11 is 0. The molecular formula is C22H26N6O3. The highest BCUT2D eigenvalue weighted by Crippen LogP contribution is 2.13. The first-order valence-corrected chi connectivity index (χ1v) is 9.82. The maximum absolute atomic E-state index is 12.7. The second-order valence-electron chi connectivity index (χ2n) is 7.40. The third-order valence-corrected chi connectivity index (χ3v) is 4.38. The summed E-state index contributed by atoms with van der Waals surface area (Å²) in [5.41, 5.74) is 1.62. The van der Waals surface area contributed by atoms with Gasteiger partial charge in [-0.05, 0) is 48.2 Å². The van der Waals surface area contributed by atoms with E-state index < -0.39 is 23.9 Å². The molecule has 31 heavy (non-hydrogen) atoms. The van der Waals surface area contributed by atoms with Gasteiger partial charge in [0.05, 0.1) is 0 Å². The lowest BCUT2D eigenvalue weighted by Crippen LogP contribution is -2.46. The summed E-state index contributed by atoms with van der Waals surface area (Å²) < 4.78 is 0. The van der Waals surface area contributed by atoms with Gasteiger partial charge < -0.3 is 16.0 Å². The molecular weight excluding hydrogens is 396 g/mol. The number of urea groups is 1. The molecule has 2 aromatic rings. The van der Waals surface area contributed by atoms with Crippen LogP contribution in [0.5, 0.6) is 0 Å². The number of aromatic nitrogens is 1. The van der Waals surface area contributed by atoms with Crippen LogP contribution in [0, 0.1) is 17.4 Å². The second kappa shape index (κ2) is 11.3. The quantitative estimate of drug-likeness (QED) is 0.445. The number of rotatable bonds is 8. The normalized spacial score (nSPS) is 11.2. The van der Waals surface area contributed by atoms with E-state index in [4.69, 9.17) is 5.26 Å². The standard InChI is InChI=1S/C22H26N6O3/c1-15(2)11-19(21(30)28(3)14-23)27-20(29)17-5-4-6-18(12-17)26-22(31)25-13-16-7-9-24-10-8-16/h4-10,12,15,19H,11,13H2,1-3H3,(H,27,29)(H2,25,26,31). The molecule has 9 nitrogen and oxygen atoms in total. The van der Waals surface area contributed by atoms with Gasteiger partial charge in [-0.3, -0.25) is 19.5 Å². The van der Waals surface area contributed by atoms with E-state index >= 15 is 0 Å². The van der Waals surface area contributed by atoms with Gasteiger partial charge in [0.2, 0.25) is 0 Å². The van der Waals surface area contributed by atoms with Crippen molar-refractivity contribution in [2.75, 3.05) is 12.4 Å². The van der Waals surface area contributed by atoms with Crippen molar-refractivity contribution < 1.29 is 14.4 Å². The molecule has 0 saturated heterocycles. The fraction of sp³-hybridized carbons (Fsp3) is 0.318. The van der Waals surface area contributed by atoms with E-state index in [1.807, 2.05) is 13.8 Å². The Morgan fingerprint density at radius 1 is 1.16 bits per heavy atom. The Balaban J connectivity index is 2.01. The van der Waals surface area contributed by atoms with Gasteiger partial charge >= 0.3 is 6.03 Å². The summed E-state index contributed by atoms with van der Waals surface area (Å²) in [5.74, 6) is -0.807. The van der Waals surface area contributed by atoms with Crippen LogP contribution in [0.15, 0.2) is 48.8 Å². The van der Waals surface area contributed by atoms with E-state index in [1.165, 1.54) is 13.1 Å². The number of hydrogen-bond donors (Lipinski definition) is 3. The number of carbonyl (C=O) groups is 3. The molecule has 0 spiro atoms. The molecule has 0 radical (unpaired) electrons. The van der Waals surface area contributed by atoms with Crippen LogP contribution in [0.4, 0.5) is 10.5 Å². The monoisotopic (exact) mass is 422 g/mol. The summed E-state index contributed by atoms with van der Waals surface area (Å²) in [4.78, 5) is 42.1. The summed E-state index contributed by atoms with van der Waals surface area (Å²) in [6.45, 7) is 4.18. The molecule has 0 saturated carbocycles. The van der Waals surface area contributed by atoms with Crippen molar-refractivity contribution in [2.45, 2.75) is 32.9 Å². The highest BCUT2D eigenvalue weighted by molar-refractivity contribution is 5.99. The number of pyridine rings is 1. The molecule has 3 N–H and O–H groups in total. The Morgan fingerprint density at radius 3 is 2.52 bits per heavy atom. The molecule has 0 bridgehead atoms. The Kier molecular flexibility index (Phi) is 8.52. The van der Waals surface area contributed by atoms with E-state index in [0.717, 1.165) is 10.5 Å². The highest BCUT2D eigenvalue weighted by atomic mass is 16.2. The predicted octanol–water partition coefficient (Wildman–Crippen LogP) is 2.49. The van der Waals surface area contributed by atoms with Crippen LogP contribution >= 0.6 is 0 Å². The average molecular weight is 422 g/mol. The van der Waals surface area contributed by atoms with Crippen molar-refractivity contribution in [2.24, 2.45) is 5.92 Å². The number of likely N-dealkylation sites (N-methyl/N-ethyl adjacent to an activating group) is 1. The largest absolute Gasteiger partial charge is 0.340 e. The fourth-order valence-corrected chi connectivity index (χ4v) is 2.81. The number of hydrogen-bond acceptors (Lipinski definition) is 5. The molecule has 1 aromatic heterocycles. The predicted molar refractivity (Wildman–Crippen MR) is 116 cm³/mol. The zero-order chi connectivity index (χ0) is 22.8. The van der Waals surface area contributed by atoms with Crippen LogP contribution in [0.3, 0.4) is 0 Å². The number of anilines is 1. The molecule has 1 atom stereocenters. The van der Waals surface area contributed by atoms with Gasteiger partial charge in [-0.15, -0.1) is 0 Å². The molecule has 1 unspecified atom stereocenters. The molecule has 0 aliphatic carbocycles. The van der Waals surface area contributed by atoms with Gasteiger partial charge in [0, 0.05) is 37.2 Å². The molecule has 0 aliphatic heterocycles.